The van der Waals surface area contributed by atoms with Gasteiger partial charge in [0, 0.05) is 35.9 Å². The van der Waals surface area contributed by atoms with Gasteiger partial charge in [-0.3, -0.25) is 14.8 Å². The Morgan fingerprint density at radius 1 is 1.09 bits per heavy atom. The van der Waals surface area contributed by atoms with Crippen molar-refractivity contribution in [2.75, 3.05) is 11.9 Å². The van der Waals surface area contributed by atoms with Crippen molar-refractivity contribution in [2.24, 2.45) is 10.2 Å². The fraction of sp³-hybridized carbons (Fsp3) is 0.280. The van der Waals surface area contributed by atoms with Crippen molar-refractivity contribution in [2.45, 2.75) is 38.6 Å². The molecule has 1 amide bonds. The van der Waals surface area contributed by atoms with Gasteiger partial charge in [-0.25, -0.2) is 4.98 Å². The molecule has 8 heteroatoms. The first-order valence-corrected chi connectivity index (χ1v) is 11.2. The number of rotatable bonds is 6. The fourth-order valence-electron chi connectivity index (χ4n) is 3.73. The second-order valence-electron chi connectivity index (χ2n) is 8.52. The van der Waals surface area contributed by atoms with Gasteiger partial charge in [0.1, 0.15) is 17.2 Å². The van der Waals surface area contributed by atoms with Gasteiger partial charge in [0.25, 0.3) is 5.91 Å². The van der Waals surface area contributed by atoms with Crippen LogP contribution in [0.2, 0.25) is 0 Å². The Labute approximate surface area is 192 Å². The van der Waals surface area contributed by atoms with E-state index < -0.39 is 0 Å². The number of nitrogens with one attached hydrogen (secondary N) is 1. The van der Waals surface area contributed by atoms with Crippen LogP contribution in [-0.4, -0.2) is 50.4 Å². The molecule has 1 N–H and O–H groups in total. The average molecular weight is 440 g/mol. The van der Waals surface area contributed by atoms with E-state index in [1.54, 1.807) is 24.5 Å². The molecule has 0 radical (unpaired) electrons. The van der Waals surface area contributed by atoms with E-state index in [0.717, 1.165) is 42.0 Å². The molecular weight excluding hydrogens is 414 g/mol. The predicted molar refractivity (Wildman–Crippen MR) is 129 cm³/mol. The summed E-state index contributed by atoms with van der Waals surface area (Å²) in [5.74, 6) is 1.23. The molecule has 0 atom stereocenters. The van der Waals surface area contributed by atoms with Gasteiger partial charge in [0.15, 0.2) is 5.84 Å². The van der Waals surface area contributed by atoms with E-state index in [0.29, 0.717) is 29.2 Å². The summed E-state index contributed by atoms with van der Waals surface area (Å²) in [6.07, 6.45) is 7.57. The van der Waals surface area contributed by atoms with Gasteiger partial charge in [-0.1, -0.05) is 26.0 Å². The second kappa shape index (κ2) is 8.90. The molecule has 1 fully saturated rings. The van der Waals surface area contributed by atoms with Crippen LogP contribution in [0.25, 0.3) is 11.1 Å². The first-order chi connectivity index (χ1) is 16.1. The van der Waals surface area contributed by atoms with Crippen molar-refractivity contribution in [1.29, 1.82) is 0 Å². The van der Waals surface area contributed by atoms with Crippen molar-refractivity contribution in [3.8, 4) is 11.1 Å². The number of anilines is 1. The minimum Gasteiger partial charge on any atom is -0.345 e. The highest BCUT2D eigenvalue weighted by molar-refractivity contribution is 6.04. The van der Waals surface area contributed by atoms with E-state index in [1.807, 2.05) is 36.5 Å². The van der Waals surface area contributed by atoms with Crippen LogP contribution in [0.3, 0.4) is 0 Å². The Balaban J connectivity index is 1.34. The molecule has 1 saturated carbocycles. The summed E-state index contributed by atoms with van der Waals surface area (Å²) < 4.78 is 0. The molecule has 0 bridgehead atoms. The molecule has 3 aromatic heterocycles. The van der Waals surface area contributed by atoms with Crippen LogP contribution >= 0.6 is 0 Å². The number of hydrogen-bond acceptors (Lipinski definition) is 7. The lowest BCUT2D eigenvalue weighted by Crippen LogP contribution is -2.37. The summed E-state index contributed by atoms with van der Waals surface area (Å²) in [5.41, 5.74) is 3.85. The van der Waals surface area contributed by atoms with Crippen molar-refractivity contribution in [1.82, 2.24) is 19.9 Å². The summed E-state index contributed by atoms with van der Waals surface area (Å²) in [6, 6.07) is 13.7. The van der Waals surface area contributed by atoms with Gasteiger partial charge >= 0.3 is 0 Å². The Kier molecular flexibility index (Phi) is 5.64. The van der Waals surface area contributed by atoms with Crippen LogP contribution in [0, 0.1) is 0 Å². The highest BCUT2D eigenvalue weighted by Crippen LogP contribution is 2.29. The van der Waals surface area contributed by atoms with Gasteiger partial charge in [0.2, 0.25) is 0 Å². The summed E-state index contributed by atoms with van der Waals surface area (Å²) >= 11 is 0. The minimum atomic E-state index is -0.323. The maximum absolute atomic E-state index is 12.9. The van der Waals surface area contributed by atoms with Crippen molar-refractivity contribution in [3.63, 3.8) is 0 Å². The van der Waals surface area contributed by atoms with Crippen LogP contribution in [0.5, 0.6) is 0 Å². The number of carbonyl (C=O) groups excluding carboxylic acids is 1. The zero-order valence-corrected chi connectivity index (χ0v) is 18.6. The van der Waals surface area contributed by atoms with Crippen LogP contribution in [-0.2, 0) is 0 Å². The molecule has 5 rings (SSSR count). The van der Waals surface area contributed by atoms with Crippen LogP contribution < -0.4 is 5.32 Å². The highest BCUT2D eigenvalue weighted by atomic mass is 16.1. The van der Waals surface area contributed by atoms with Crippen molar-refractivity contribution in [3.05, 3.63) is 71.9 Å². The van der Waals surface area contributed by atoms with E-state index in [-0.39, 0.29) is 5.91 Å². The molecule has 2 aliphatic rings. The van der Waals surface area contributed by atoms with E-state index in [4.69, 9.17) is 0 Å². The monoisotopic (exact) mass is 439 g/mol. The van der Waals surface area contributed by atoms with E-state index in [9.17, 15) is 4.79 Å². The number of amides is 1. The summed E-state index contributed by atoms with van der Waals surface area (Å²) in [7, 11) is 0. The first kappa shape index (κ1) is 20.9. The number of aromatic nitrogens is 3. The third-order valence-corrected chi connectivity index (χ3v) is 5.70. The zero-order chi connectivity index (χ0) is 22.8. The second-order valence-corrected chi connectivity index (χ2v) is 8.52. The standard InChI is InChI=1S/C25H25N7O/c1-16(2)20-9-6-18(15-27-20)17-10-11-26-22(14-17)25(33)30-23-5-3-4-21(29-23)24-31-28-12-13-32(24)19-7-8-19/h3-6,9-12,14-16,19H,7-8,13H2,1-2H3,(H,29,30,33). The predicted octanol–water partition coefficient (Wildman–Crippen LogP) is 4.12. The van der Waals surface area contributed by atoms with Crippen LogP contribution in [0.1, 0.15) is 54.5 Å². The Morgan fingerprint density at radius 3 is 2.73 bits per heavy atom. The summed E-state index contributed by atoms with van der Waals surface area (Å²) in [5, 5.41) is 11.2. The third-order valence-electron chi connectivity index (χ3n) is 5.70. The number of carbonyl (C=O) groups is 1. The van der Waals surface area contributed by atoms with Gasteiger partial charge in [-0.2, -0.15) is 5.10 Å². The summed E-state index contributed by atoms with van der Waals surface area (Å²) in [6.45, 7) is 4.94. The molecule has 0 saturated heterocycles. The third kappa shape index (κ3) is 4.64. The maximum Gasteiger partial charge on any atom is 0.275 e. The summed E-state index contributed by atoms with van der Waals surface area (Å²) in [4.78, 5) is 28.5. The lowest BCUT2D eigenvalue weighted by atomic mass is 10.1. The van der Waals surface area contributed by atoms with Crippen molar-refractivity contribution < 1.29 is 4.79 Å². The molecule has 33 heavy (non-hydrogen) atoms. The van der Waals surface area contributed by atoms with Gasteiger partial charge in [-0.15, -0.1) is 5.10 Å². The maximum atomic E-state index is 12.9. The van der Waals surface area contributed by atoms with E-state index in [1.165, 1.54) is 0 Å². The van der Waals surface area contributed by atoms with Crippen LogP contribution in [0.15, 0.2) is 65.1 Å². The molecule has 8 nitrogen and oxygen atoms in total. The Morgan fingerprint density at radius 2 is 1.97 bits per heavy atom. The average Bonchev–Trinajstić information content (AvgIpc) is 3.70. The largest absolute Gasteiger partial charge is 0.345 e. The quantitative estimate of drug-likeness (QED) is 0.623. The SMILES string of the molecule is CC(C)c1ccc(-c2ccnc(C(=O)Nc3cccc(C4=NN=CCN4C4CC4)n3)c2)cn1. The minimum absolute atomic E-state index is 0.312. The Hall–Kier alpha value is -3.94. The first-order valence-electron chi connectivity index (χ1n) is 11.2. The zero-order valence-electron chi connectivity index (χ0n) is 18.6. The van der Waals surface area contributed by atoms with Gasteiger partial charge in [-0.05, 0) is 54.7 Å². The highest BCUT2D eigenvalue weighted by Gasteiger charge is 2.33. The molecule has 1 aliphatic carbocycles. The molecule has 0 aromatic carbocycles. The number of amidine groups is 1. The molecule has 166 valence electrons. The number of pyridine rings is 3. The fourth-order valence-corrected chi connectivity index (χ4v) is 3.73. The molecule has 0 spiro atoms. The topological polar surface area (TPSA) is 95.7 Å². The van der Waals surface area contributed by atoms with E-state index >= 15 is 0 Å². The van der Waals surface area contributed by atoms with Gasteiger partial charge < -0.3 is 10.2 Å². The molecule has 1 aliphatic heterocycles. The van der Waals surface area contributed by atoms with Gasteiger partial charge in [0.05, 0.1) is 6.54 Å². The normalized spacial score (nSPS) is 15.5. The molecule has 3 aromatic rings. The molecule has 4 heterocycles. The van der Waals surface area contributed by atoms with Crippen LogP contribution in [0.4, 0.5) is 5.82 Å². The number of hydrogen-bond donors (Lipinski definition) is 1. The lowest BCUT2D eigenvalue weighted by Gasteiger charge is -2.25. The van der Waals surface area contributed by atoms with E-state index in [2.05, 4.69) is 49.2 Å². The number of nitrogens with zero attached hydrogens (tertiary/aromatic N) is 6. The van der Waals surface area contributed by atoms with Crippen molar-refractivity contribution >= 4 is 23.8 Å². The molecular formula is C25H25N7O. The molecule has 0 unspecified atom stereocenters. The lowest BCUT2D eigenvalue weighted by molar-refractivity contribution is 0.102. The smallest absolute Gasteiger partial charge is 0.275 e. The Bertz CT molecular complexity index is 1230.